The second-order valence-electron chi connectivity index (χ2n) is 6.10. The second-order valence-corrected chi connectivity index (χ2v) is 6.10. The minimum absolute atomic E-state index is 0.179. The summed E-state index contributed by atoms with van der Waals surface area (Å²) >= 11 is 0. The molecule has 1 heterocycles. The van der Waals surface area contributed by atoms with Crippen LogP contribution >= 0.6 is 0 Å². The van der Waals surface area contributed by atoms with E-state index in [1.54, 1.807) is 0 Å². The smallest absolute Gasteiger partial charge is 0.117 e. The lowest BCUT2D eigenvalue weighted by Crippen LogP contribution is -2.39. The molecule has 0 saturated heterocycles. The van der Waals surface area contributed by atoms with E-state index in [-0.39, 0.29) is 16.9 Å². The summed E-state index contributed by atoms with van der Waals surface area (Å²) < 4.78 is 5.68. The molecule has 1 rings (SSSR count). The van der Waals surface area contributed by atoms with E-state index in [0.29, 0.717) is 6.73 Å². The fourth-order valence-electron chi connectivity index (χ4n) is 1.48. The highest BCUT2D eigenvalue weighted by atomic mass is 16.5. The van der Waals surface area contributed by atoms with E-state index in [1.165, 1.54) is 5.70 Å². The molecule has 2 heteroatoms. The molecule has 0 bridgehead atoms. The van der Waals surface area contributed by atoms with Gasteiger partial charge in [-0.05, 0) is 11.5 Å². The Morgan fingerprint density at radius 1 is 1.21 bits per heavy atom. The van der Waals surface area contributed by atoms with Crippen molar-refractivity contribution in [1.82, 2.24) is 5.32 Å². The van der Waals surface area contributed by atoms with E-state index < -0.39 is 0 Å². The molecule has 0 fully saturated rings. The zero-order valence-corrected chi connectivity index (χ0v) is 10.3. The molecule has 82 valence electrons. The summed E-state index contributed by atoms with van der Waals surface area (Å²) in [6.07, 6.45) is 2.45. The zero-order chi connectivity index (χ0) is 11.0. The normalized spacial score (nSPS) is 24.1. The highest BCUT2D eigenvalue weighted by Crippen LogP contribution is 2.31. The predicted molar refractivity (Wildman–Crippen MR) is 59.9 cm³/mol. The molecule has 0 aromatic carbocycles. The molecule has 0 aromatic rings. The van der Waals surface area contributed by atoms with Crippen LogP contribution in [0.2, 0.25) is 0 Å². The summed E-state index contributed by atoms with van der Waals surface area (Å²) in [4.78, 5) is 0. The fraction of sp³-hybridized carbons (Fsp3) is 0.833. The van der Waals surface area contributed by atoms with Gasteiger partial charge in [-0.15, -0.1) is 0 Å². The number of ether oxygens (including phenoxy) is 1. The van der Waals surface area contributed by atoms with Crippen molar-refractivity contribution in [2.24, 2.45) is 10.8 Å². The SMILES string of the molecule is CC(C)(C)C1=CC(C(C)(C)C)OCN1. The van der Waals surface area contributed by atoms with Gasteiger partial charge >= 0.3 is 0 Å². The van der Waals surface area contributed by atoms with Gasteiger partial charge in [0.15, 0.2) is 0 Å². The van der Waals surface area contributed by atoms with Crippen LogP contribution in [0, 0.1) is 10.8 Å². The molecular weight excluding hydrogens is 174 g/mol. The molecule has 14 heavy (non-hydrogen) atoms. The Hall–Kier alpha value is -0.500. The summed E-state index contributed by atoms with van der Waals surface area (Å²) in [5.74, 6) is 0. The Balaban J connectivity index is 2.85. The Morgan fingerprint density at radius 2 is 1.79 bits per heavy atom. The largest absolute Gasteiger partial charge is 0.366 e. The van der Waals surface area contributed by atoms with Gasteiger partial charge in [0, 0.05) is 11.1 Å². The van der Waals surface area contributed by atoms with Gasteiger partial charge < -0.3 is 10.1 Å². The van der Waals surface area contributed by atoms with Gasteiger partial charge in [0.1, 0.15) is 6.73 Å². The maximum Gasteiger partial charge on any atom is 0.117 e. The van der Waals surface area contributed by atoms with Crippen LogP contribution in [0.3, 0.4) is 0 Å². The predicted octanol–water partition coefficient (Wildman–Crippen LogP) is 2.91. The van der Waals surface area contributed by atoms with E-state index in [0.717, 1.165) is 0 Å². The summed E-state index contributed by atoms with van der Waals surface area (Å²) in [5, 5.41) is 3.30. The van der Waals surface area contributed by atoms with E-state index in [2.05, 4.69) is 52.9 Å². The fourth-order valence-corrected chi connectivity index (χ4v) is 1.48. The Morgan fingerprint density at radius 3 is 2.21 bits per heavy atom. The molecule has 0 amide bonds. The highest BCUT2D eigenvalue weighted by Gasteiger charge is 2.29. The highest BCUT2D eigenvalue weighted by molar-refractivity contribution is 5.14. The Bertz CT molecular complexity index is 230. The number of rotatable bonds is 0. The van der Waals surface area contributed by atoms with Crippen LogP contribution in [0.4, 0.5) is 0 Å². The van der Waals surface area contributed by atoms with E-state index in [9.17, 15) is 0 Å². The lowest BCUT2D eigenvalue weighted by atomic mass is 9.84. The summed E-state index contributed by atoms with van der Waals surface area (Å²) in [5.41, 5.74) is 1.66. The monoisotopic (exact) mass is 197 g/mol. The standard InChI is InChI=1S/C12H23NO/c1-11(2,3)9-7-10(12(4,5)6)14-8-13-9/h7,10,13H,8H2,1-6H3. The van der Waals surface area contributed by atoms with Gasteiger partial charge in [0.05, 0.1) is 6.10 Å². The van der Waals surface area contributed by atoms with Crippen LogP contribution < -0.4 is 5.32 Å². The molecule has 2 nitrogen and oxygen atoms in total. The van der Waals surface area contributed by atoms with Crippen molar-refractivity contribution in [2.75, 3.05) is 6.73 Å². The molecule has 1 N–H and O–H groups in total. The molecule has 1 aliphatic heterocycles. The van der Waals surface area contributed by atoms with Crippen molar-refractivity contribution in [2.45, 2.75) is 47.6 Å². The molecule has 1 aliphatic rings. The van der Waals surface area contributed by atoms with Crippen LogP contribution in [0.15, 0.2) is 11.8 Å². The van der Waals surface area contributed by atoms with Crippen LogP contribution in [-0.4, -0.2) is 12.8 Å². The van der Waals surface area contributed by atoms with Crippen molar-refractivity contribution >= 4 is 0 Å². The number of hydrogen-bond acceptors (Lipinski definition) is 2. The van der Waals surface area contributed by atoms with Crippen molar-refractivity contribution in [3.05, 3.63) is 11.8 Å². The molecule has 0 spiro atoms. The molecule has 0 saturated carbocycles. The van der Waals surface area contributed by atoms with E-state index in [4.69, 9.17) is 4.74 Å². The summed E-state index contributed by atoms with van der Waals surface area (Å²) in [7, 11) is 0. The third-order valence-corrected chi connectivity index (χ3v) is 2.51. The van der Waals surface area contributed by atoms with Crippen LogP contribution in [0.25, 0.3) is 0 Å². The van der Waals surface area contributed by atoms with Crippen molar-refractivity contribution < 1.29 is 4.74 Å². The molecule has 1 unspecified atom stereocenters. The number of nitrogens with one attached hydrogen (secondary N) is 1. The molecular formula is C12H23NO. The molecule has 0 aliphatic carbocycles. The first-order valence-corrected chi connectivity index (χ1v) is 5.29. The first-order chi connectivity index (χ1) is 6.21. The van der Waals surface area contributed by atoms with Crippen molar-refractivity contribution in [1.29, 1.82) is 0 Å². The maximum atomic E-state index is 5.68. The van der Waals surface area contributed by atoms with Gasteiger partial charge in [0.25, 0.3) is 0 Å². The molecule has 0 radical (unpaired) electrons. The molecule has 1 atom stereocenters. The van der Waals surface area contributed by atoms with Gasteiger partial charge in [0.2, 0.25) is 0 Å². The van der Waals surface area contributed by atoms with Gasteiger partial charge in [-0.3, -0.25) is 0 Å². The van der Waals surface area contributed by atoms with Gasteiger partial charge in [-0.25, -0.2) is 0 Å². The maximum absolute atomic E-state index is 5.68. The number of allylic oxidation sites excluding steroid dienone is 1. The zero-order valence-electron chi connectivity index (χ0n) is 10.3. The first kappa shape index (κ1) is 11.6. The van der Waals surface area contributed by atoms with Gasteiger partial charge in [-0.2, -0.15) is 0 Å². The lowest BCUT2D eigenvalue weighted by molar-refractivity contribution is -0.00602. The van der Waals surface area contributed by atoms with Crippen molar-refractivity contribution in [3.63, 3.8) is 0 Å². The average Bonchev–Trinajstić information content (AvgIpc) is 2.01. The second kappa shape index (κ2) is 3.58. The summed E-state index contributed by atoms with van der Waals surface area (Å²) in [6, 6.07) is 0. The third-order valence-electron chi connectivity index (χ3n) is 2.51. The average molecular weight is 197 g/mol. The quantitative estimate of drug-likeness (QED) is 0.644. The van der Waals surface area contributed by atoms with Gasteiger partial charge in [-0.1, -0.05) is 41.5 Å². The van der Waals surface area contributed by atoms with E-state index >= 15 is 0 Å². The Kier molecular flexibility index (Phi) is 2.96. The topological polar surface area (TPSA) is 21.3 Å². The first-order valence-electron chi connectivity index (χ1n) is 5.29. The van der Waals surface area contributed by atoms with Crippen LogP contribution in [0.5, 0.6) is 0 Å². The molecule has 0 aromatic heterocycles. The van der Waals surface area contributed by atoms with E-state index in [1.807, 2.05) is 0 Å². The minimum atomic E-state index is 0.179. The van der Waals surface area contributed by atoms with Crippen LogP contribution in [0.1, 0.15) is 41.5 Å². The van der Waals surface area contributed by atoms with Crippen molar-refractivity contribution in [3.8, 4) is 0 Å². The minimum Gasteiger partial charge on any atom is -0.366 e. The summed E-state index contributed by atoms with van der Waals surface area (Å²) in [6.45, 7) is 13.9. The third kappa shape index (κ3) is 2.74. The lowest BCUT2D eigenvalue weighted by Gasteiger charge is -2.36. The number of hydrogen-bond donors (Lipinski definition) is 1. The van der Waals surface area contributed by atoms with Crippen LogP contribution in [-0.2, 0) is 4.74 Å². The Labute approximate surface area is 87.7 Å².